The largest absolute Gasteiger partial charge is 0.0947 e. The van der Waals surface area contributed by atoms with Crippen molar-refractivity contribution in [3.05, 3.63) is 34.4 Å². The molecule has 1 aromatic rings. The van der Waals surface area contributed by atoms with E-state index in [1.807, 2.05) is 11.1 Å². The van der Waals surface area contributed by atoms with Gasteiger partial charge in [0.25, 0.3) is 0 Å². The van der Waals surface area contributed by atoms with Crippen LogP contribution in [0.15, 0.2) is 12.1 Å². The number of rotatable bonds is 8. The zero-order valence-electron chi connectivity index (χ0n) is 38.2. The van der Waals surface area contributed by atoms with Gasteiger partial charge in [0.1, 0.15) is 0 Å². The van der Waals surface area contributed by atoms with Crippen molar-refractivity contribution in [1.82, 2.24) is 0 Å². The van der Waals surface area contributed by atoms with Gasteiger partial charge in [-0.05, 0) is 291 Å². The fourth-order valence-corrected chi connectivity index (χ4v) is 30.5. The van der Waals surface area contributed by atoms with Gasteiger partial charge in [-0.2, -0.15) is 0 Å². The zero-order valence-corrected chi connectivity index (χ0v) is 39.9. The van der Waals surface area contributed by atoms with Crippen LogP contribution in [-0.4, -0.2) is 22.6 Å². The summed E-state index contributed by atoms with van der Waals surface area (Å²) < 4.78 is 0. The maximum atomic E-state index is 3.01. The topological polar surface area (TPSA) is 0 Å². The number of hydrogen-bond acceptors (Lipinski definition) is 0. The summed E-state index contributed by atoms with van der Waals surface area (Å²) in [5.41, 5.74) is 12.2. The standard InChI is InChI=1S/C56H84P2/c1-55(2,3)49-27-47(29-57(51-39-11-31-7-32(13-39)14-40(51)12-31)52-41-15-33-8-34(17-41)18-42(52)16-33)48(28-50(49)56(4,5)6)30-58(53-43-19-35-9-36(21-43)22-44(53)20-35)54-45-23-37-10-38(25-45)26-46(54)24-37/h27-28,31-46,51-54H,7-26,29-30H2,1-6H3. The van der Waals surface area contributed by atoms with Crippen molar-refractivity contribution in [2.75, 3.05) is 0 Å². The summed E-state index contributed by atoms with van der Waals surface area (Å²) in [7, 11) is -0.0104. The first-order valence-corrected chi connectivity index (χ1v) is 29.9. The van der Waals surface area contributed by atoms with Crippen molar-refractivity contribution in [3.8, 4) is 0 Å². The first kappa shape index (κ1) is 38.5. The SMILES string of the molecule is CC(C)(C)c1cc(CP(C2C3CC4CC(C3)CC2C4)C2C3CC4CC(C3)CC2C4)c(CP(C2C3CC4CC(C3)CC2C4)C2C3CC4CC(C3)CC2C4)cc1C(C)(C)C. The van der Waals surface area contributed by atoms with E-state index in [-0.39, 0.29) is 26.7 Å². The van der Waals surface area contributed by atoms with Crippen molar-refractivity contribution in [3.63, 3.8) is 0 Å². The molecule has 0 radical (unpaired) electrons. The second-order valence-electron chi connectivity index (χ2n) is 27.7. The lowest BCUT2D eigenvalue weighted by Gasteiger charge is -2.62. The molecule has 2 heteroatoms. The van der Waals surface area contributed by atoms with E-state index in [0.29, 0.717) is 0 Å². The van der Waals surface area contributed by atoms with Crippen molar-refractivity contribution in [2.24, 2.45) is 94.7 Å². The van der Waals surface area contributed by atoms with Crippen LogP contribution in [0.2, 0.25) is 0 Å². The maximum absolute atomic E-state index is 3.01. The summed E-state index contributed by atoms with van der Waals surface area (Å²) in [5.74, 6) is 17.6. The van der Waals surface area contributed by atoms with Crippen LogP contribution >= 0.6 is 15.8 Å². The predicted octanol–water partition coefficient (Wildman–Crippen LogP) is 15.5. The average molecular weight is 819 g/mol. The Bertz CT molecular complexity index is 1430. The predicted molar refractivity (Wildman–Crippen MR) is 248 cm³/mol. The highest BCUT2D eigenvalue weighted by Gasteiger charge is 2.59. The van der Waals surface area contributed by atoms with Crippen LogP contribution in [0, 0.1) is 94.7 Å². The second kappa shape index (κ2) is 13.8. The van der Waals surface area contributed by atoms with Gasteiger partial charge in [0.15, 0.2) is 0 Å². The van der Waals surface area contributed by atoms with Gasteiger partial charge in [0.05, 0.1) is 0 Å². The van der Waals surface area contributed by atoms with Crippen LogP contribution in [-0.2, 0) is 23.2 Å². The highest BCUT2D eigenvalue weighted by molar-refractivity contribution is 7.59. The lowest BCUT2D eigenvalue weighted by molar-refractivity contribution is 0.0127. The van der Waals surface area contributed by atoms with Crippen LogP contribution in [0.3, 0.4) is 0 Å². The molecule has 1 aromatic carbocycles. The Balaban J connectivity index is 0.943. The molecule has 0 N–H and O–H groups in total. The second-order valence-corrected chi connectivity index (χ2v) is 32.8. The summed E-state index contributed by atoms with van der Waals surface area (Å²) in [6, 6.07) is 6.03. The Labute approximate surface area is 359 Å². The van der Waals surface area contributed by atoms with Crippen molar-refractivity contribution in [1.29, 1.82) is 0 Å². The number of benzene rings is 1. The molecule has 16 saturated carbocycles. The Morgan fingerprint density at radius 1 is 0.328 bits per heavy atom. The van der Waals surface area contributed by atoms with Gasteiger partial charge in [0.2, 0.25) is 0 Å². The minimum Gasteiger partial charge on any atom is -0.0947 e. The van der Waals surface area contributed by atoms with Crippen molar-refractivity contribution >= 4 is 15.8 Å². The summed E-state index contributed by atoms with van der Waals surface area (Å²) >= 11 is 0. The van der Waals surface area contributed by atoms with Gasteiger partial charge < -0.3 is 0 Å². The average Bonchev–Trinajstić information content (AvgIpc) is 3.12. The fourth-order valence-electron chi connectivity index (χ4n) is 21.2. The normalized spacial score (nSPS) is 51.3. The van der Waals surface area contributed by atoms with Gasteiger partial charge in [-0.25, -0.2) is 0 Å². The third-order valence-corrected chi connectivity index (χ3v) is 29.7. The van der Waals surface area contributed by atoms with Crippen LogP contribution in [0.4, 0.5) is 0 Å². The smallest absolute Gasteiger partial charge is 0.00648 e. The van der Waals surface area contributed by atoms with E-state index in [0.717, 1.165) is 117 Å². The van der Waals surface area contributed by atoms with Crippen LogP contribution in [0.5, 0.6) is 0 Å². The summed E-state index contributed by atoms with van der Waals surface area (Å²) in [4.78, 5) is 0. The monoisotopic (exact) mass is 819 g/mol. The maximum Gasteiger partial charge on any atom is -0.00648 e. The lowest BCUT2D eigenvalue weighted by atomic mass is 9.55. The molecule has 58 heavy (non-hydrogen) atoms. The van der Waals surface area contributed by atoms with E-state index in [1.165, 1.54) is 12.3 Å². The third-order valence-electron chi connectivity index (χ3n) is 21.9. The molecule has 0 amide bonds. The van der Waals surface area contributed by atoms with Gasteiger partial charge in [-0.3, -0.25) is 0 Å². The van der Waals surface area contributed by atoms with E-state index < -0.39 is 0 Å². The van der Waals surface area contributed by atoms with E-state index in [2.05, 4.69) is 53.7 Å². The van der Waals surface area contributed by atoms with Crippen LogP contribution < -0.4 is 0 Å². The quantitative estimate of drug-likeness (QED) is 0.229. The molecule has 0 saturated heterocycles. The van der Waals surface area contributed by atoms with Gasteiger partial charge in [-0.15, -0.1) is 0 Å². The minimum absolute atomic E-state index is 0.00519. The molecule has 16 aliphatic carbocycles. The molecule has 0 heterocycles. The van der Waals surface area contributed by atoms with Crippen LogP contribution in [0.25, 0.3) is 0 Å². The zero-order chi connectivity index (χ0) is 39.0. The first-order chi connectivity index (χ1) is 27.8. The summed E-state index contributed by atoms with van der Waals surface area (Å²) in [6.07, 6.45) is 35.7. The molecule has 318 valence electrons. The Kier molecular flexibility index (Phi) is 9.16. The summed E-state index contributed by atoms with van der Waals surface area (Å²) in [6.45, 7) is 15.5. The Morgan fingerprint density at radius 2 is 0.517 bits per heavy atom. The molecule has 16 bridgehead atoms. The van der Waals surface area contributed by atoms with Crippen molar-refractivity contribution < 1.29 is 0 Å². The Hall–Kier alpha value is 0.0800. The molecule has 16 fully saturated rings. The highest BCUT2D eigenvalue weighted by atomic mass is 31.1. The van der Waals surface area contributed by atoms with E-state index in [9.17, 15) is 0 Å². The molecular formula is C56H84P2. The molecule has 17 rings (SSSR count). The number of hydrogen-bond donors (Lipinski definition) is 0. The van der Waals surface area contributed by atoms with E-state index in [1.54, 1.807) is 140 Å². The molecule has 0 aliphatic heterocycles. The molecule has 16 aliphatic rings. The highest BCUT2D eigenvalue weighted by Crippen LogP contribution is 2.75. The van der Waals surface area contributed by atoms with E-state index >= 15 is 0 Å². The van der Waals surface area contributed by atoms with Crippen molar-refractivity contribution in [2.45, 2.75) is 216 Å². The molecule has 0 aromatic heterocycles. The molecule has 0 atom stereocenters. The lowest BCUT2D eigenvalue weighted by Crippen LogP contribution is -2.53. The molecule has 0 nitrogen and oxygen atoms in total. The molecule has 0 spiro atoms. The van der Waals surface area contributed by atoms with E-state index in [4.69, 9.17) is 0 Å². The molecular weight excluding hydrogens is 735 g/mol. The third kappa shape index (κ3) is 6.32. The van der Waals surface area contributed by atoms with Crippen LogP contribution in [0.1, 0.15) is 192 Å². The minimum atomic E-state index is -0.00519. The van der Waals surface area contributed by atoms with Gasteiger partial charge >= 0.3 is 0 Å². The fraction of sp³-hybridized carbons (Fsp3) is 0.893. The molecule has 0 unspecified atom stereocenters. The van der Waals surface area contributed by atoms with Gasteiger partial charge in [-0.1, -0.05) is 69.5 Å². The summed E-state index contributed by atoms with van der Waals surface area (Å²) in [5, 5.41) is 0. The first-order valence-electron chi connectivity index (χ1n) is 26.5. The van der Waals surface area contributed by atoms with Gasteiger partial charge in [0, 0.05) is 0 Å². The Morgan fingerprint density at radius 3 is 0.690 bits per heavy atom.